The average molecular weight is 310 g/mol. The molecule has 3 unspecified atom stereocenters. The van der Waals surface area contributed by atoms with Gasteiger partial charge in [-0.3, -0.25) is 9.00 Å². The van der Waals surface area contributed by atoms with E-state index < -0.39 is 10.8 Å². The number of ether oxygens (including phenoxy) is 1. The Kier molecular flexibility index (Phi) is 5.36. The van der Waals surface area contributed by atoms with E-state index in [1.807, 2.05) is 19.9 Å². The summed E-state index contributed by atoms with van der Waals surface area (Å²) in [6.45, 7) is 4.46. The molecule has 2 rings (SSSR count). The van der Waals surface area contributed by atoms with Crippen LogP contribution in [0.1, 0.15) is 25.3 Å². The topological polar surface area (TPSA) is 81.4 Å². The summed E-state index contributed by atoms with van der Waals surface area (Å²) in [6.07, 6.45) is 1.07. The molecule has 0 radical (unpaired) electrons. The summed E-state index contributed by atoms with van der Waals surface area (Å²) >= 11 is 0. The predicted octanol–water partition coefficient (Wildman–Crippen LogP) is 1.83. The van der Waals surface area contributed by atoms with E-state index in [4.69, 9.17) is 10.5 Å². The van der Waals surface area contributed by atoms with Crippen LogP contribution in [0.5, 0.6) is 0 Å². The molecule has 1 amide bonds. The third kappa shape index (κ3) is 4.04. The molecule has 0 aliphatic carbocycles. The highest BCUT2D eigenvalue weighted by molar-refractivity contribution is 7.85. The number of carbonyl (C=O) groups excluding carboxylic acids is 1. The van der Waals surface area contributed by atoms with Crippen LogP contribution in [0.4, 0.5) is 11.4 Å². The molecule has 0 bridgehead atoms. The number of nitrogens with one attached hydrogen (secondary N) is 1. The third-order valence-corrected chi connectivity index (χ3v) is 5.73. The second-order valence-corrected chi connectivity index (χ2v) is 7.08. The molecule has 3 atom stereocenters. The van der Waals surface area contributed by atoms with Crippen LogP contribution < -0.4 is 11.1 Å². The molecule has 1 heterocycles. The minimum Gasteiger partial charge on any atom is -0.398 e. The van der Waals surface area contributed by atoms with Gasteiger partial charge in [0, 0.05) is 41.0 Å². The van der Waals surface area contributed by atoms with Crippen molar-refractivity contribution in [3.05, 3.63) is 23.8 Å². The number of carbonyl (C=O) groups is 1. The van der Waals surface area contributed by atoms with Crippen molar-refractivity contribution >= 4 is 28.1 Å². The van der Waals surface area contributed by atoms with Gasteiger partial charge in [0.05, 0.1) is 11.4 Å². The number of hydrogen-bond acceptors (Lipinski definition) is 4. The fourth-order valence-electron chi connectivity index (χ4n) is 2.40. The minimum absolute atomic E-state index is 0.0186. The van der Waals surface area contributed by atoms with Crippen LogP contribution in [0.3, 0.4) is 0 Å². The number of hydrogen-bond donors (Lipinski definition) is 2. The average Bonchev–Trinajstić information content (AvgIpc) is 2.87. The zero-order valence-electron chi connectivity index (χ0n) is 12.4. The van der Waals surface area contributed by atoms with E-state index >= 15 is 0 Å². The maximum absolute atomic E-state index is 12.2. The normalized spacial score (nSPS) is 23.0. The van der Waals surface area contributed by atoms with Crippen LogP contribution in [0.15, 0.2) is 18.2 Å². The van der Waals surface area contributed by atoms with E-state index in [1.54, 1.807) is 12.1 Å². The van der Waals surface area contributed by atoms with Gasteiger partial charge in [0.1, 0.15) is 0 Å². The summed E-state index contributed by atoms with van der Waals surface area (Å²) in [4.78, 5) is 12.0. The molecule has 116 valence electrons. The van der Waals surface area contributed by atoms with Crippen LogP contribution in [0.25, 0.3) is 0 Å². The Hall–Kier alpha value is -1.40. The molecular weight excluding hydrogens is 288 g/mol. The Morgan fingerprint density at radius 3 is 2.95 bits per heavy atom. The Morgan fingerprint density at radius 1 is 1.52 bits per heavy atom. The first kappa shape index (κ1) is 16.0. The first-order valence-electron chi connectivity index (χ1n) is 7.12. The van der Waals surface area contributed by atoms with Gasteiger partial charge in [-0.15, -0.1) is 0 Å². The SMILES string of the molecule is Cc1c(N)cccc1NC(=O)CCS(=O)C1CCOC1C. The molecule has 0 saturated carbocycles. The number of nitrogens with two attached hydrogens (primary N) is 1. The number of anilines is 2. The van der Waals surface area contributed by atoms with Gasteiger partial charge < -0.3 is 15.8 Å². The summed E-state index contributed by atoms with van der Waals surface area (Å²) < 4.78 is 17.6. The highest BCUT2D eigenvalue weighted by Gasteiger charge is 2.29. The molecule has 0 spiro atoms. The molecule has 6 heteroatoms. The first-order valence-corrected chi connectivity index (χ1v) is 8.51. The molecule has 1 aromatic rings. The zero-order valence-corrected chi connectivity index (χ0v) is 13.2. The van der Waals surface area contributed by atoms with Gasteiger partial charge in [-0.2, -0.15) is 0 Å². The lowest BCUT2D eigenvalue weighted by molar-refractivity contribution is -0.115. The summed E-state index contributed by atoms with van der Waals surface area (Å²) in [5.74, 6) is 0.231. The van der Waals surface area contributed by atoms with Crippen LogP contribution in [-0.4, -0.2) is 33.8 Å². The van der Waals surface area contributed by atoms with Gasteiger partial charge in [-0.05, 0) is 38.0 Å². The van der Waals surface area contributed by atoms with Crippen LogP contribution in [-0.2, 0) is 20.3 Å². The maximum Gasteiger partial charge on any atom is 0.225 e. The monoisotopic (exact) mass is 310 g/mol. The number of rotatable bonds is 5. The lowest BCUT2D eigenvalue weighted by Gasteiger charge is -2.14. The second-order valence-electron chi connectivity index (χ2n) is 5.31. The zero-order chi connectivity index (χ0) is 15.4. The van der Waals surface area contributed by atoms with Gasteiger partial charge in [-0.25, -0.2) is 0 Å². The van der Waals surface area contributed by atoms with Crippen LogP contribution in [0, 0.1) is 6.92 Å². The third-order valence-electron chi connectivity index (χ3n) is 3.82. The maximum atomic E-state index is 12.2. The highest BCUT2D eigenvalue weighted by Crippen LogP contribution is 2.21. The first-order chi connectivity index (χ1) is 9.99. The molecule has 0 aromatic heterocycles. The second kappa shape index (κ2) is 7.04. The van der Waals surface area contributed by atoms with Gasteiger partial charge >= 0.3 is 0 Å². The molecule has 1 aliphatic heterocycles. The van der Waals surface area contributed by atoms with Crippen LogP contribution >= 0.6 is 0 Å². The van der Waals surface area contributed by atoms with Crippen molar-refractivity contribution in [3.63, 3.8) is 0 Å². The number of nitrogen functional groups attached to an aromatic ring is 1. The van der Waals surface area contributed by atoms with Gasteiger partial charge in [0.25, 0.3) is 0 Å². The van der Waals surface area contributed by atoms with E-state index in [2.05, 4.69) is 5.32 Å². The van der Waals surface area contributed by atoms with Gasteiger partial charge in [0.2, 0.25) is 5.91 Å². The predicted molar refractivity (Wildman–Crippen MR) is 85.7 cm³/mol. The summed E-state index contributed by atoms with van der Waals surface area (Å²) in [7, 11) is -1.02. The Balaban J connectivity index is 1.85. The number of amides is 1. The van der Waals surface area contributed by atoms with Crippen LogP contribution in [0.2, 0.25) is 0 Å². The standard InChI is InChI=1S/C15H22N2O3S/c1-10-12(16)4-3-5-13(10)17-15(18)7-9-21(19)14-6-8-20-11(14)2/h3-5,11,14H,6-9,16H2,1-2H3,(H,17,18). The van der Waals surface area contributed by atoms with E-state index in [0.717, 1.165) is 12.0 Å². The highest BCUT2D eigenvalue weighted by atomic mass is 32.2. The van der Waals surface area contributed by atoms with Crippen molar-refractivity contribution in [3.8, 4) is 0 Å². The Bertz CT molecular complexity index is 548. The Morgan fingerprint density at radius 2 is 2.29 bits per heavy atom. The molecule has 5 nitrogen and oxygen atoms in total. The molecular formula is C15H22N2O3S. The van der Waals surface area contributed by atoms with Crippen molar-refractivity contribution in [1.29, 1.82) is 0 Å². The molecule has 1 fully saturated rings. The van der Waals surface area contributed by atoms with Crippen molar-refractivity contribution in [2.75, 3.05) is 23.4 Å². The fourth-order valence-corrected chi connectivity index (χ4v) is 3.96. The fraction of sp³-hybridized carbons (Fsp3) is 0.533. The van der Waals surface area contributed by atoms with Crippen molar-refractivity contribution < 1.29 is 13.7 Å². The molecule has 21 heavy (non-hydrogen) atoms. The lowest BCUT2D eigenvalue weighted by atomic mass is 10.1. The van der Waals surface area contributed by atoms with E-state index in [1.165, 1.54) is 0 Å². The van der Waals surface area contributed by atoms with Crippen molar-refractivity contribution in [2.24, 2.45) is 0 Å². The van der Waals surface area contributed by atoms with Crippen molar-refractivity contribution in [1.82, 2.24) is 0 Å². The molecule has 1 aromatic carbocycles. The summed E-state index contributed by atoms with van der Waals surface area (Å²) in [5, 5.41) is 2.87. The number of benzene rings is 1. The summed E-state index contributed by atoms with van der Waals surface area (Å²) in [5.41, 5.74) is 8.01. The quantitative estimate of drug-likeness (QED) is 0.813. The van der Waals surface area contributed by atoms with Crippen molar-refractivity contribution in [2.45, 2.75) is 38.0 Å². The van der Waals surface area contributed by atoms with E-state index in [9.17, 15) is 9.00 Å². The van der Waals surface area contributed by atoms with E-state index in [-0.39, 0.29) is 23.7 Å². The smallest absolute Gasteiger partial charge is 0.225 e. The molecule has 1 saturated heterocycles. The largest absolute Gasteiger partial charge is 0.398 e. The lowest BCUT2D eigenvalue weighted by Crippen LogP contribution is -2.26. The van der Waals surface area contributed by atoms with Gasteiger partial charge in [0.15, 0.2) is 0 Å². The van der Waals surface area contributed by atoms with Gasteiger partial charge in [-0.1, -0.05) is 6.07 Å². The van der Waals surface area contributed by atoms with E-state index in [0.29, 0.717) is 23.7 Å². The molecule has 3 N–H and O–H groups in total. The summed E-state index contributed by atoms with van der Waals surface area (Å²) in [6, 6.07) is 5.41. The Labute approximate surface area is 127 Å². The molecule has 1 aliphatic rings. The minimum atomic E-state index is -1.02.